The summed E-state index contributed by atoms with van der Waals surface area (Å²) >= 11 is 1.76. The molecule has 6 rings (SSSR count). The van der Waals surface area contributed by atoms with Gasteiger partial charge in [-0.25, -0.2) is 4.98 Å². The highest BCUT2D eigenvalue weighted by Gasteiger charge is 2.13. The van der Waals surface area contributed by atoms with E-state index in [2.05, 4.69) is 109 Å². The molecule has 0 N–H and O–H groups in total. The van der Waals surface area contributed by atoms with Crippen LogP contribution in [0, 0.1) is 0 Å². The van der Waals surface area contributed by atoms with E-state index >= 15 is 0 Å². The highest BCUT2D eigenvalue weighted by atomic mass is 32.1. The molecule has 6 aromatic rings. The predicted octanol–water partition coefficient (Wildman–Crippen LogP) is 8.45. The van der Waals surface area contributed by atoms with Crippen LogP contribution in [0.3, 0.4) is 0 Å². The van der Waals surface area contributed by atoms with Crippen LogP contribution in [0.1, 0.15) is 0 Å². The third-order valence-corrected chi connectivity index (χ3v) is 6.80. The normalized spacial score (nSPS) is 11.2. The van der Waals surface area contributed by atoms with E-state index < -0.39 is 0 Å². The second-order valence-corrected chi connectivity index (χ2v) is 8.67. The van der Waals surface area contributed by atoms with Crippen molar-refractivity contribution in [3.05, 3.63) is 115 Å². The van der Waals surface area contributed by atoms with Crippen molar-refractivity contribution in [1.29, 1.82) is 0 Å². The van der Waals surface area contributed by atoms with Crippen LogP contribution in [0.4, 0.5) is 0 Å². The number of nitrogens with zero attached hydrogens (tertiary/aromatic N) is 1. The minimum atomic E-state index is 1.06. The Bertz CT molecular complexity index is 1500. The predicted molar refractivity (Wildman–Crippen MR) is 133 cm³/mol. The Balaban J connectivity index is 1.53. The second-order valence-electron chi connectivity index (χ2n) is 7.64. The average molecular weight is 414 g/mol. The molecule has 0 aliphatic rings. The van der Waals surface area contributed by atoms with E-state index in [0.29, 0.717) is 0 Å². The summed E-state index contributed by atoms with van der Waals surface area (Å²) in [6, 6.07) is 40.8. The number of hydrogen-bond donors (Lipinski definition) is 0. The molecular formula is C29H19NS. The zero-order chi connectivity index (χ0) is 20.6. The molecule has 2 heteroatoms. The van der Waals surface area contributed by atoms with Crippen LogP contribution < -0.4 is 0 Å². The van der Waals surface area contributed by atoms with E-state index in [9.17, 15) is 0 Å². The number of benzene rings is 5. The average Bonchev–Trinajstić information content (AvgIpc) is 3.28. The minimum absolute atomic E-state index is 1.06. The highest BCUT2D eigenvalue weighted by Crippen LogP contribution is 2.39. The Morgan fingerprint density at radius 1 is 0.484 bits per heavy atom. The van der Waals surface area contributed by atoms with Crippen LogP contribution in [0.2, 0.25) is 0 Å². The zero-order valence-corrected chi connectivity index (χ0v) is 17.6. The summed E-state index contributed by atoms with van der Waals surface area (Å²) in [5, 5.41) is 3.57. The van der Waals surface area contributed by atoms with Gasteiger partial charge in [-0.2, -0.15) is 0 Å². The van der Waals surface area contributed by atoms with E-state index in [-0.39, 0.29) is 0 Å². The van der Waals surface area contributed by atoms with Gasteiger partial charge in [-0.3, -0.25) is 0 Å². The third-order valence-electron chi connectivity index (χ3n) is 5.73. The largest absolute Gasteiger partial charge is 0.236 e. The van der Waals surface area contributed by atoms with Crippen LogP contribution in [-0.4, -0.2) is 4.98 Å². The topological polar surface area (TPSA) is 12.9 Å². The van der Waals surface area contributed by atoms with E-state index in [4.69, 9.17) is 4.98 Å². The van der Waals surface area contributed by atoms with Crippen molar-refractivity contribution >= 4 is 32.3 Å². The molecule has 0 aliphatic heterocycles. The summed E-state index contributed by atoms with van der Waals surface area (Å²) in [5.41, 5.74) is 7.20. The van der Waals surface area contributed by atoms with Gasteiger partial charge in [0.1, 0.15) is 5.01 Å². The van der Waals surface area contributed by atoms with Crippen molar-refractivity contribution < 1.29 is 0 Å². The molecule has 0 atom stereocenters. The molecule has 31 heavy (non-hydrogen) atoms. The number of fused-ring (bicyclic) bond motifs is 2. The molecule has 0 bridgehead atoms. The summed E-state index contributed by atoms with van der Waals surface area (Å²) in [7, 11) is 0. The Morgan fingerprint density at radius 3 is 1.97 bits per heavy atom. The van der Waals surface area contributed by atoms with Gasteiger partial charge >= 0.3 is 0 Å². The SMILES string of the molecule is c1ccc(-c2cccc(-c3ccc(-c4nc5ccccc5s4)c4ccccc34)c2)cc1. The van der Waals surface area contributed by atoms with Gasteiger partial charge in [0, 0.05) is 5.56 Å². The van der Waals surface area contributed by atoms with Crippen molar-refractivity contribution in [2.75, 3.05) is 0 Å². The molecule has 1 heterocycles. The summed E-state index contributed by atoms with van der Waals surface area (Å²) in [5.74, 6) is 0. The molecule has 0 radical (unpaired) electrons. The quantitative estimate of drug-likeness (QED) is 0.283. The molecule has 0 fully saturated rings. The van der Waals surface area contributed by atoms with Gasteiger partial charge in [0.2, 0.25) is 0 Å². The fourth-order valence-corrected chi connectivity index (χ4v) is 5.23. The van der Waals surface area contributed by atoms with E-state index in [1.807, 2.05) is 6.07 Å². The van der Waals surface area contributed by atoms with Gasteiger partial charge in [0.15, 0.2) is 0 Å². The van der Waals surface area contributed by atoms with Gasteiger partial charge in [0.05, 0.1) is 10.2 Å². The molecule has 0 saturated heterocycles. The molecule has 0 amide bonds. The van der Waals surface area contributed by atoms with Gasteiger partial charge in [0.25, 0.3) is 0 Å². The van der Waals surface area contributed by atoms with Crippen molar-refractivity contribution in [3.8, 4) is 32.8 Å². The van der Waals surface area contributed by atoms with Crippen LogP contribution in [0.15, 0.2) is 115 Å². The summed E-state index contributed by atoms with van der Waals surface area (Å²) in [6.45, 7) is 0. The monoisotopic (exact) mass is 413 g/mol. The van der Waals surface area contributed by atoms with Gasteiger partial charge < -0.3 is 0 Å². The first-order chi connectivity index (χ1) is 15.4. The fraction of sp³-hybridized carbons (Fsp3) is 0. The van der Waals surface area contributed by atoms with E-state index in [1.54, 1.807) is 11.3 Å². The Kier molecular flexibility index (Phi) is 4.37. The highest BCUT2D eigenvalue weighted by molar-refractivity contribution is 7.21. The lowest BCUT2D eigenvalue weighted by molar-refractivity contribution is 1.49. The van der Waals surface area contributed by atoms with Crippen molar-refractivity contribution in [2.24, 2.45) is 0 Å². The Morgan fingerprint density at radius 2 is 1.13 bits per heavy atom. The molecule has 0 unspecified atom stereocenters. The molecule has 146 valence electrons. The maximum atomic E-state index is 4.91. The van der Waals surface area contributed by atoms with Gasteiger partial charge in [-0.15, -0.1) is 11.3 Å². The van der Waals surface area contributed by atoms with E-state index in [1.165, 1.54) is 43.3 Å². The number of aromatic nitrogens is 1. The molecule has 1 nitrogen and oxygen atoms in total. The summed E-state index contributed by atoms with van der Waals surface area (Å²) in [6.07, 6.45) is 0. The van der Waals surface area contributed by atoms with Crippen LogP contribution >= 0.6 is 11.3 Å². The van der Waals surface area contributed by atoms with Crippen LogP contribution in [-0.2, 0) is 0 Å². The van der Waals surface area contributed by atoms with Crippen molar-refractivity contribution in [2.45, 2.75) is 0 Å². The maximum Gasteiger partial charge on any atom is 0.125 e. The minimum Gasteiger partial charge on any atom is -0.236 e. The smallest absolute Gasteiger partial charge is 0.125 e. The maximum absolute atomic E-state index is 4.91. The lowest BCUT2D eigenvalue weighted by Gasteiger charge is -2.12. The lowest BCUT2D eigenvalue weighted by Crippen LogP contribution is -1.86. The number of thiazole rings is 1. The van der Waals surface area contributed by atoms with Crippen LogP contribution in [0.5, 0.6) is 0 Å². The van der Waals surface area contributed by atoms with Gasteiger partial charge in [-0.05, 0) is 51.2 Å². The summed E-state index contributed by atoms with van der Waals surface area (Å²) in [4.78, 5) is 4.91. The fourth-order valence-electron chi connectivity index (χ4n) is 4.22. The molecule has 5 aromatic carbocycles. The van der Waals surface area contributed by atoms with Crippen LogP contribution in [0.25, 0.3) is 53.8 Å². The number of rotatable bonds is 3. The Labute approximate surface area is 185 Å². The standard InChI is InChI=1S/C29H19NS/c1-2-9-20(10-3-1)21-11-8-12-22(19-21)23-17-18-26(25-14-5-4-13-24(23)25)29-30-27-15-6-7-16-28(27)31-29/h1-19H. The second kappa shape index (κ2) is 7.50. The molecule has 1 aromatic heterocycles. The third kappa shape index (κ3) is 3.22. The first-order valence-corrected chi connectivity index (χ1v) is 11.2. The molecule has 0 spiro atoms. The van der Waals surface area contributed by atoms with Gasteiger partial charge in [-0.1, -0.05) is 97.1 Å². The first-order valence-electron chi connectivity index (χ1n) is 10.4. The lowest BCUT2D eigenvalue weighted by atomic mass is 9.93. The number of para-hydroxylation sites is 1. The van der Waals surface area contributed by atoms with Crippen molar-refractivity contribution in [1.82, 2.24) is 4.98 Å². The molecule has 0 aliphatic carbocycles. The molecular weight excluding hydrogens is 394 g/mol. The van der Waals surface area contributed by atoms with E-state index in [0.717, 1.165) is 10.5 Å². The Hall–Kier alpha value is -3.75. The van der Waals surface area contributed by atoms with Crippen molar-refractivity contribution in [3.63, 3.8) is 0 Å². The first kappa shape index (κ1) is 18.1. The summed E-state index contributed by atoms with van der Waals surface area (Å²) < 4.78 is 1.22. The molecule has 0 saturated carbocycles. The zero-order valence-electron chi connectivity index (χ0n) is 16.8. The number of hydrogen-bond acceptors (Lipinski definition) is 2.